The molecule has 29 heavy (non-hydrogen) atoms. The summed E-state index contributed by atoms with van der Waals surface area (Å²) in [5.74, 6) is 0.938. The number of carbonyl (C=O) groups excluding carboxylic acids is 2. The van der Waals surface area contributed by atoms with Crippen LogP contribution >= 0.6 is 46.0 Å². The maximum Gasteiger partial charge on any atom is 0.298 e. The first-order valence-corrected chi connectivity index (χ1v) is 11.3. The highest BCUT2D eigenvalue weighted by atomic mass is 127. The van der Waals surface area contributed by atoms with Gasteiger partial charge in [0.05, 0.1) is 27.4 Å². The van der Waals surface area contributed by atoms with Crippen LogP contribution in [0.5, 0.6) is 11.5 Å². The number of amides is 2. The Morgan fingerprint density at radius 1 is 1.17 bits per heavy atom. The lowest BCUT2D eigenvalue weighted by atomic mass is 10.1. The lowest BCUT2D eigenvalue weighted by Crippen LogP contribution is -2.27. The lowest BCUT2D eigenvalue weighted by Gasteiger charge is -2.14. The zero-order chi connectivity index (χ0) is 21.0. The number of rotatable bonds is 7. The van der Waals surface area contributed by atoms with E-state index in [0.717, 1.165) is 32.2 Å². The van der Waals surface area contributed by atoms with Gasteiger partial charge < -0.3 is 9.47 Å². The minimum absolute atomic E-state index is 0.343. The van der Waals surface area contributed by atoms with E-state index in [1.165, 1.54) is 0 Å². The van der Waals surface area contributed by atoms with E-state index in [2.05, 4.69) is 22.6 Å². The van der Waals surface area contributed by atoms with Gasteiger partial charge in [0, 0.05) is 5.02 Å². The monoisotopic (exact) mass is 543 g/mol. The Morgan fingerprint density at radius 3 is 2.66 bits per heavy atom. The molecule has 0 unspecified atom stereocenters. The molecular weight excluding hydrogens is 525 g/mol. The van der Waals surface area contributed by atoms with Crippen molar-refractivity contribution in [1.82, 2.24) is 0 Å². The van der Waals surface area contributed by atoms with E-state index in [1.54, 1.807) is 30.3 Å². The molecular formula is C21H19ClINO4S. The van der Waals surface area contributed by atoms with Gasteiger partial charge in [0.2, 0.25) is 0 Å². The molecule has 0 atom stereocenters. The van der Waals surface area contributed by atoms with Gasteiger partial charge in [-0.3, -0.25) is 9.59 Å². The number of carbonyl (C=O) groups is 2. The number of nitrogens with zero attached hydrogens (tertiary/aromatic N) is 1. The fourth-order valence-electron chi connectivity index (χ4n) is 2.74. The fourth-order valence-corrected chi connectivity index (χ4v) is 4.54. The van der Waals surface area contributed by atoms with Crippen LogP contribution in [-0.4, -0.2) is 24.4 Å². The van der Waals surface area contributed by atoms with E-state index in [-0.39, 0.29) is 11.1 Å². The van der Waals surface area contributed by atoms with Crippen molar-refractivity contribution in [3.63, 3.8) is 0 Å². The molecule has 152 valence electrons. The molecule has 0 saturated carbocycles. The number of hydrogen-bond acceptors (Lipinski definition) is 5. The molecule has 2 aromatic rings. The number of thioether (sulfide) groups is 1. The number of imide groups is 1. The van der Waals surface area contributed by atoms with Crippen LogP contribution in [0.2, 0.25) is 5.02 Å². The largest absolute Gasteiger partial charge is 0.490 e. The van der Waals surface area contributed by atoms with E-state index < -0.39 is 0 Å². The molecule has 0 aromatic heterocycles. The minimum atomic E-state index is -0.374. The van der Waals surface area contributed by atoms with E-state index >= 15 is 0 Å². The molecule has 1 saturated heterocycles. The molecule has 0 radical (unpaired) electrons. The number of ether oxygens (including phenoxy) is 2. The number of hydrogen-bond donors (Lipinski definition) is 0. The average molecular weight is 544 g/mol. The van der Waals surface area contributed by atoms with E-state index in [0.29, 0.717) is 40.3 Å². The highest BCUT2D eigenvalue weighted by Crippen LogP contribution is 2.39. The summed E-state index contributed by atoms with van der Waals surface area (Å²) in [7, 11) is 0. The summed E-state index contributed by atoms with van der Waals surface area (Å²) in [5, 5.41) is 0.107. The average Bonchev–Trinajstić information content (AvgIpc) is 2.94. The van der Waals surface area contributed by atoms with Crippen molar-refractivity contribution in [3.05, 3.63) is 55.5 Å². The van der Waals surface area contributed by atoms with Crippen molar-refractivity contribution in [2.24, 2.45) is 0 Å². The minimum Gasteiger partial charge on any atom is -0.490 e. The van der Waals surface area contributed by atoms with E-state index in [1.807, 2.05) is 26.0 Å². The molecule has 2 amide bonds. The third-order valence-corrected chi connectivity index (χ3v) is 5.85. The molecule has 5 nitrogen and oxygen atoms in total. The van der Waals surface area contributed by atoms with Gasteiger partial charge in [0.1, 0.15) is 0 Å². The van der Waals surface area contributed by atoms with Crippen molar-refractivity contribution in [1.29, 1.82) is 0 Å². The molecule has 1 aliphatic heterocycles. The maximum atomic E-state index is 12.9. The Morgan fingerprint density at radius 2 is 1.97 bits per heavy atom. The van der Waals surface area contributed by atoms with Gasteiger partial charge in [-0.25, -0.2) is 4.90 Å². The molecule has 1 aliphatic rings. The van der Waals surface area contributed by atoms with Gasteiger partial charge in [-0.15, -0.1) is 0 Å². The lowest BCUT2D eigenvalue weighted by molar-refractivity contribution is -0.113. The van der Waals surface area contributed by atoms with Crippen molar-refractivity contribution in [2.45, 2.75) is 20.3 Å². The molecule has 0 aliphatic carbocycles. The zero-order valence-corrected chi connectivity index (χ0v) is 19.6. The summed E-state index contributed by atoms with van der Waals surface area (Å²) < 4.78 is 12.4. The molecule has 0 N–H and O–H groups in total. The van der Waals surface area contributed by atoms with Crippen LogP contribution < -0.4 is 14.4 Å². The first kappa shape index (κ1) is 22.0. The summed E-state index contributed by atoms with van der Waals surface area (Å²) in [6, 6.07) is 10.4. The highest BCUT2D eigenvalue weighted by molar-refractivity contribution is 14.1. The fraction of sp³-hybridized carbons (Fsp3) is 0.238. The van der Waals surface area contributed by atoms with Crippen LogP contribution in [0.15, 0.2) is 41.3 Å². The number of halogens is 2. The molecule has 0 bridgehead atoms. The van der Waals surface area contributed by atoms with Crippen LogP contribution in [0.25, 0.3) is 6.08 Å². The van der Waals surface area contributed by atoms with Crippen LogP contribution in [0.3, 0.4) is 0 Å². The van der Waals surface area contributed by atoms with Gasteiger partial charge in [0.25, 0.3) is 11.1 Å². The Bertz CT molecular complexity index is 979. The van der Waals surface area contributed by atoms with Gasteiger partial charge >= 0.3 is 0 Å². The molecule has 1 fully saturated rings. The zero-order valence-electron chi connectivity index (χ0n) is 15.9. The predicted molar refractivity (Wildman–Crippen MR) is 126 cm³/mol. The molecule has 8 heteroatoms. The second-order valence-electron chi connectivity index (χ2n) is 6.11. The third-order valence-electron chi connectivity index (χ3n) is 3.94. The van der Waals surface area contributed by atoms with Crippen LogP contribution in [-0.2, 0) is 4.79 Å². The quantitative estimate of drug-likeness (QED) is 0.300. The normalized spacial score (nSPS) is 15.3. The van der Waals surface area contributed by atoms with Crippen molar-refractivity contribution in [3.8, 4) is 11.5 Å². The Hall–Kier alpha value is -1.71. The van der Waals surface area contributed by atoms with Crippen molar-refractivity contribution < 1.29 is 19.1 Å². The van der Waals surface area contributed by atoms with E-state index in [4.69, 9.17) is 21.1 Å². The number of anilines is 1. The van der Waals surface area contributed by atoms with Gasteiger partial charge in [0.15, 0.2) is 11.5 Å². The topological polar surface area (TPSA) is 55.8 Å². The third kappa shape index (κ3) is 5.07. The summed E-state index contributed by atoms with van der Waals surface area (Å²) in [6.45, 7) is 5.03. The van der Waals surface area contributed by atoms with Crippen molar-refractivity contribution in [2.75, 3.05) is 18.1 Å². The summed E-state index contributed by atoms with van der Waals surface area (Å²) in [4.78, 5) is 26.8. The molecule has 3 rings (SSSR count). The van der Waals surface area contributed by atoms with Gasteiger partial charge in [-0.2, -0.15) is 0 Å². The van der Waals surface area contributed by atoms with Crippen LogP contribution in [0, 0.1) is 3.57 Å². The number of benzene rings is 2. The second kappa shape index (κ2) is 9.86. The van der Waals surface area contributed by atoms with Gasteiger partial charge in [-0.05, 0) is 89.7 Å². The van der Waals surface area contributed by atoms with E-state index in [9.17, 15) is 9.59 Å². The Kier molecular flexibility index (Phi) is 7.48. The smallest absolute Gasteiger partial charge is 0.298 e. The summed E-state index contributed by atoms with van der Waals surface area (Å²) in [6.07, 6.45) is 2.59. The Labute approximate surface area is 192 Å². The predicted octanol–water partition coefficient (Wildman–Crippen LogP) is 6.37. The summed E-state index contributed by atoms with van der Waals surface area (Å²) >= 11 is 9.09. The standard InChI is InChI=1S/C21H19ClINO4S/c1-3-8-28-19-16(23)9-13(10-17(19)27-4-2)11-18-20(25)24(21(26)29-18)15-7-5-6-14(22)12-15/h5-7,9-12H,3-4,8H2,1-2H3/b18-11+. The van der Waals surface area contributed by atoms with Gasteiger partial charge in [-0.1, -0.05) is 24.6 Å². The van der Waals surface area contributed by atoms with Crippen LogP contribution in [0.1, 0.15) is 25.8 Å². The Balaban J connectivity index is 1.93. The molecule has 0 spiro atoms. The maximum absolute atomic E-state index is 12.9. The second-order valence-corrected chi connectivity index (χ2v) is 8.70. The molecule has 2 aromatic carbocycles. The van der Waals surface area contributed by atoms with Crippen molar-refractivity contribution >= 4 is 68.9 Å². The first-order chi connectivity index (χ1) is 13.9. The first-order valence-electron chi connectivity index (χ1n) is 9.07. The highest BCUT2D eigenvalue weighted by Gasteiger charge is 2.36. The molecule has 1 heterocycles. The SMILES string of the molecule is CCCOc1c(I)cc(/C=C2/SC(=O)N(c3cccc(Cl)c3)C2=O)cc1OCC. The summed E-state index contributed by atoms with van der Waals surface area (Å²) in [5.41, 5.74) is 1.22. The van der Waals surface area contributed by atoms with Crippen LogP contribution in [0.4, 0.5) is 10.5 Å².